The second-order valence-corrected chi connectivity index (χ2v) is 4.60. The average molecular weight is 300 g/mol. The number of hydrogen-bond donors (Lipinski definition) is 2. The van der Waals surface area contributed by atoms with Gasteiger partial charge in [-0.3, -0.25) is 4.99 Å². The van der Waals surface area contributed by atoms with Gasteiger partial charge in [-0.05, 0) is 30.3 Å². The van der Waals surface area contributed by atoms with Crippen LogP contribution in [0.5, 0.6) is 0 Å². The Kier molecular flexibility index (Phi) is 5.55. The van der Waals surface area contributed by atoms with Gasteiger partial charge in [0.1, 0.15) is 11.6 Å². The molecule has 1 heterocycles. The van der Waals surface area contributed by atoms with Crippen molar-refractivity contribution in [2.75, 3.05) is 13.6 Å². The first-order valence-electron chi connectivity index (χ1n) is 6.88. The van der Waals surface area contributed by atoms with Crippen LogP contribution >= 0.6 is 0 Å². The number of guanidine groups is 1. The van der Waals surface area contributed by atoms with Gasteiger partial charge in [-0.1, -0.05) is 0 Å². The monoisotopic (exact) mass is 300 g/mol. The lowest BCUT2D eigenvalue weighted by molar-refractivity contribution is 0.506. The maximum absolute atomic E-state index is 13.7. The minimum Gasteiger partial charge on any atom is -0.469 e. The zero-order chi connectivity index (χ0) is 15.8. The topological polar surface area (TPSA) is 73.3 Å². The van der Waals surface area contributed by atoms with E-state index in [0.29, 0.717) is 23.6 Å². The maximum atomic E-state index is 13.7. The van der Waals surface area contributed by atoms with E-state index < -0.39 is 0 Å². The molecule has 114 valence electrons. The standard InChI is InChI=1S/C16H17FN4O/c1-19-16(20-7-6-14-3-2-8-22-14)21-11-13-9-12(10-18)4-5-15(13)17/h2-5,8-9H,6-7,11H2,1H3,(H2,19,20,21). The van der Waals surface area contributed by atoms with Crippen LogP contribution in [0.15, 0.2) is 46.0 Å². The summed E-state index contributed by atoms with van der Waals surface area (Å²) in [5, 5.41) is 15.0. The predicted molar refractivity (Wildman–Crippen MR) is 81.7 cm³/mol. The van der Waals surface area contributed by atoms with Gasteiger partial charge in [0.2, 0.25) is 0 Å². The first kappa shape index (κ1) is 15.6. The van der Waals surface area contributed by atoms with Crippen molar-refractivity contribution in [3.05, 3.63) is 59.3 Å². The largest absolute Gasteiger partial charge is 0.469 e. The van der Waals surface area contributed by atoms with Gasteiger partial charge in [-0.15, -0.1) is 0 Å². The summed E-state index contributed by atoms with van der Waals surface area (Å²) in [4.78, 5) is 4.07. The van der Waals surface area contributed by atoms with Crippen LogP contribution in [0.2, 0.25) is 0 Å². The smallest absolute Gasteiger partial charge is 0.191 e. The summed E-state index contributed by atoms with van der Waals surface area (Å²) >= 11 is 0. The van der Waals surface area contributed by atoms with Gasteiger partial charge in [0.25, 0.3) is 0 Å². The van der Waals surface area contributed by atoms with Crippen molar-refractivity contribution in [1.29, 1.82) is 5.26 Å². The van der Waals surface area contributed by atoms with Crippen LogP contribution in [0, 0.1) is 17.1 Å². The van der Waals surface area contributed by atoms with Crippen LogP contribution in [0.1, 0.15) is 16.9 Å². The lowest BCUT2D eigenvalue weighted by atomic mass is 10.1. The molecule has 0 unspecified atom stereocenters. The zero-order valence-electron chi connectivity index (χ0n) is 12.3. The highest BCUT2D eigenvalue weighted by Gasteiger charge is 2.05. The molecule has 0 fully saturated rings. The van der Waals surface area contributed by atoms with Crippen LogP contribution in [0.3, 0.4) is 0 Å². The minimum atomic E-state index is -0.350. The van der Waals surface area contributed by atoms with Gasteiger partial charge in [0, 0.05) is 32.1 Å². The van der Waals surface area contributed by atoms with E-state index in [9.17, 15) is 4.39 Å². The van der Waals surface area contributed by atoms with Crippen molar-refractivity contribution in [3.63, 3.8) is 0 Å². The van der Waals surface area contributed by atoms with Gasteiger partial charge < -0.3 is 15.1 Å². The van der Waals surface area contributed by atoms with E-state index in [1.54, 1.807) is 13.3 Å². The number of nitrogens with zero attached hydrogens (tertiary/aromatic N) is 2. The molecule has 0 aliphatic rings. The molecule has 0 saturated carbocycles. The number of aliphatic imine (C=N–C) groups is 1. The molecule has 22 heavy (non-hydrogen) atoms. The molecule has 2 rings (SSSR count). The highest BCUT2D eigenvalue weighted by atomic mass is 19.1. The summed E-state index contributed by atoms with van der Waals surface area (Å²) in [6.45, 7) is 0.898. The van der Waals surface area contributed by atoms with Crippen molar-refractivity contribution in [2.24, 2.45) is 4.99 Å². The molecule has 2 N–H and O–H groups in total. The fraction of sp³-hybridized carbons (Fsp3) is 0.250. The Morgan fingerprint density at radius 2 is 2.23 bits per heavy atom. The maximum Gasteiger partial charge on any atom is 0.191 e. The van der Waals surface area contributed by atoms with Gasteiger partial charge in [0.05, 0.1) is 17.9 Å². The fourth-order valence-electron chi connectivity index (χ4n) is 1.94. The van der Waals surface area contributed by atoms with Gasteiger partial charge >= 0.3 is 0 Å². The zero-order valence-corrected chi connectivity index (χ0v) is 12.3. The van der Waals surface area contributed by atoms with Crippen molar-refractivity contribution in [3.8, 4) is 6.07 Å². The summed E-state index contributed by atoms with van der Waals surface area (Å²) in [6.07, 6.45) is 2.36. The number of benzene rings is 1. The van der Waals surface area contributed by atoms with Gasteiger partial charge in [-0.2, -0.15) is 5.26 Å². The molecular weight excluding hydrogens is 283 g/mol. The Balaban J connectivity index is 1.85. The molecule has 2 aromatic rings. The van der Waals surface area contributed by atoms with Crippen molar-refractivity contribution >= 4 is 5.96 Å². The molecule has 0 aliphatic carbocycles. The van der Waals surface area contributed by atoms with E-state index in [-0.39, 0.29) is 12.4 Å². The molecule has 1 aromatic heterocycles. The number of hydrogen-bond acceptors (Lipinski definition) is 3. The Labute approximate surface area is 128 Å². The summed E-state index contributed by atoms with van der Waals surface area (Å²) in [5.74, 6) is 1.10. The molecule has 0 radical (unpaired) electrons. The Hall–Kier alpha value is -2.81. The van der Waals surface area contributed by atoms with E-state index in [1.165, 1.54) is 18.2 Å². The molecule has 0 atom stereocenters. The highest BCUT2D eigenvalue weighted by Crippen LogP contribution is 2.09. The van der Waals surface area contributed by atoms with Crippen molar-refractivity contribution in [1.82, 2.24) is 10.6 Å². The van der Waals surface area contributed by atoms with E-state index in [2.05, 4.69) is 15.6 Å². The number of halogens is 1. The summed E-state index contributed by atoms with van der Waals surface area (Å²) in [5.41, 5.74) is 0.854. The number of rotatable bonds is 5. The van der Waals surface area contributed by atoms with Crippen LogP contribution in [-0.2, 0) is 13.0 Å². The fourth-order valence-corrected chi connectivity index (χ4v) is 1.94. The average Bonchev–Trinajstić information content (AvgIpc) is 3.05. The highest BCUT2D eigenvalue weighted by molar-refractivity contribution is 5.79. The van der Waals surface area contributed by atoms with Gasteiger partial charge in [0.15, 0.2) is 5.96 Å². The molecule has 6 heteroatoms. The second-order valence-electron chi connectivity index (χ2n) is 4.60. The molecular formula is C16H17FN4O. The minimum absolute atomic E-state index is 0.252. The van der Waals surface area contributed by atoms with E-state index in [1.807, 2.05) is 18.2 Å². The van der Waals surface area contributed by atoms with Crippen molar-refractivity contribution < 1.29 is 8.81 Å². The molecule has 0 spiro atoms. The van der Waals surface area contributed by atoms with E-state index >= 15 is 0 Å². The normalized spacial score (nSPS) is 11.0. The van der Waals surface area contributed by atoms with Crippen LogP contribution in [0.25, 0.3) is 0 Å². The Morgan fingerprint density at radius 3 is 2.91 bits per heavy atom. The van der Waals surface area contributed by atoms with E-state index in [4.69, 9.17) is 9.68 Å². The third kappa shape index (κ3) is 4.35. The quantitative estimate of drug-likeness (QED) is 0.656. The second kappa shape index (κ2) is 7.84. The number of furan rings is 1. The number of nitrogens with one attached hydrogen (secondary N) is 2. The molecule has 5 nitrogen and oxygen atoms in total. The third-order valence-corrected chi connectivity index (χ3v) is 3.09. The summed E-state index contributed by atoms with van der Waals surface area (Å²) in [6, 6.07) is 10.0. The summed E-state index contributed by atoms with van der Waals surface area (Å²) in [7, 11) is 1.64. The van der Waals surface area contributed by atoms with Crippen LogP contribution in [0.4, 0.5) is 4.39 Å². The lowest BCUT2D eigenvalue weighted by Crippen LogP contribution is -2.38. The van der Waals surface area contributed by atoms with Gasteiger partial charge in [-0.25, -0.2) is 4.39 Å². The first-order chi connectivity index (χ1) is 10.7. The molecule has 1 aromatic carbocycles. The van der Waals surface area contributed by atoms with Crippen LogP contribution in [-0.4, -0.2) is 19.6 Å². The van der Waals surface area contributed by atoms with Crippen LogP contribution < -0.4 is 10.6 Å². The first-order valence-corrected chi connectivity index (χ1v) is 6.88. The molecule has 0 saturated heterocycles. The third-order valence-electron chi connectivity index (χ3n) is 3.09. The molecule has 0 bridgehead atoms. The number of nitriles is 1. The summed E-state index contributed by atoms with van der Waals surface area (Å²) < 4.78 is 18.9. The molecule has 0 aliphatic heterocycles. The van der Waals surface area contributed by atoms with E-state index in [0.717, 1.165) is 12.2 Å². The predicted octanol–water partition coefficient (Wildman–Crippen LogP) is 2.20. The Bertz CT molecular complexity index is 674. The van der Waals surface area contributed by atoms with Crippen molar-refractivity contribution in [2.45, 2.75) is 13.0 Å². The SMILES string of the molecule is CN=C(NCCc1ccco1)NCc1cc(C#N)ccc1F. The lowest BCUT2D eigenvalue weighted by Gasteiger charge is -2.12. The Morgan fingerprint density at radius 1 is 1.36 bits per heavy atom. The molecule has 0 amide bonds.